The quantitative estimate of drug-likeness (QED) is 0.617. The summed E-state index contributed by atoms with van der Waals surface area (Å²) in [6.07, 6.45) is 1.23. The minimum absolute atomic E-state index is 0.424. The lowest BCUT2D eigenvalue weighted by atomic mass is 9.77. The van der Waals surface area contributed by atoms with Gasteiger partial charge >= 0.3 is 0 Å². The van der Waals surface area contributed by atoms with Crippen LogP contribution in [0.1, 0.15) is 34.1 Å². The smallest absolute Gasteiger partial charge is 0.0587 e. The molecule has 0 aromatic heterocycles. The van der Waals surface area contributed by atoms with E-state index in [1.54, 1.807) is 7.11 Å². The van der Waals surface area contributed by atoms with E-state index in [0.29, 0.717) is 5.41 Å². The lowest BCUT2D eigenvalue weighted by molar-refractivity contribution is 0.172. The van der Waals surface area contributed by atoms with Crippen LogP contribution in [0.15, 0.2) is 0 Å². The highest BCUT2D eigenvalue weighted by molar-refractivity contribution is 4.78. The van der Waals surface area contributed by atoms with E-state index in [1.165, 1.54) is 6.42 Å². The Morgan fingerprint density at radius 1 is 1.38 bits per heavy atom. The van der Waals surface area contributed by atoms with E-state index in [4.69, 9.17) is 4.74 Å². The molecule has 1 N–H and O–H groups in total. The van der Waals surface area contributed by atoms with Gasteiger partial charge in [0.1, 0.15) is 0 Å². The maximum absolute atomic E-state index is 4.99. The van der Waals surface area contributed by atoms with Crippen LogP contribution in [0.25, 0.3) is 0 Å². The number of ether oxygens (including phenoxy) is 1. The lowest BCUT2D eigenvalue weighted by Gasteiger charge is -2.33. The Hall–Kier alpha value is -0.0800. The Labute approximate surface area is 83.1 Å². The van der Waals surface area contributed by atoms with Gasteiger partial charge < -0.3 is 10.1 Å². The summed E-state index contributed by atoms with van der Waals surface area (Å²) in [5.41, 5.74) is 0.424. The highest BCUT2D eigenvalue weighted by Gasteiger charge is 2.25. The number of hydrogen-bond donors (Lipinski definition) is 1. The fraction of sp³-hybridized carbons (Fsp3) is 1.00. The van der Waals surface area contributed by atoms with Crippen LogP contribution >= 0.6 is 0 Å². The third kappa shape index (κ3) is 4.63. The van der Waals surface area contributed by atoms with E-state index in [-0.39, 0.29) is 0 Å². The van der Waals surface area contributed by atoms with Crippen molar-refractivity contribution in [1.29, 1.82) is 0 Å². The molecule has 0 amide bonds. The van der Waals surface area contributed by atoms with E-state index in [2.05, 4.69) is 33.0 Å². The van der Waals surface area contributed by atoms with Crippen molar-refractivity contribution in [1.82, 2.24) is 5.32 Å². The molecule has 0 spiro atoms. The monoisotopic (exact) mass is 187 g/mol. The van der Waals surface area contributed by atoms with Crippen LogP contribution in [0.3, 0.4) is 0 Å². The van der Waals surface area contributed by atoms with Crippen molar-refractivity contribution < 1.29 is 4.74 Å². The molecular formula is C11H25NO. The first-order valence-corrected chi connectivity index (χ1v) is 5.26. The fourth-order valence-corrected chi connectivity index (χ4v) is 1.29. The highest BCUT2D eigenvalue weighted by atomic mass is 16.5. The molecule has 13 heavy (non-hydrogen) atoms. The highest BCUT2D eigenvalue weighted by Crippen LogP contribution is 2.29. The molecule has 0 saturated carbocycles. The van der Waals surface area contributed by atoms with Crippen molar-refractivity contribution in [2.75, 3.05) is 26.8 Å². The first-order chi connectivity index (χ1) is 6.06. The standard InChI is InChI=1S/C11H25NO/c1-6-11(4,10(2)3)9-12-7-8-13-5/h10,12H,6-9H2,1-5H3. The molecule has 2 heteroatoms. The number of nitrogens with one attached hydrogen (secondary N) is 1. The van der Waals surface area contributed by atoms with Gasteiger partial charge in [-0.15, -0.1) is 0 Å². The molecule has 0 saturated heterocycles. The largest absolute Gasteiger partial charge is 0.383 e. The molecule has 0 heterocycles. The summed E-state index contributed by atoms with van der Waals surface area (Å²) < 4.78 is 4.99. The Morgan fingerprint density at radius 3 is 2.38 bits per heavy atom. The van der Waals surface area contributed by atoms with Crippen LogP contribution in [-0.4, -0.2) is 26.8 Å². The minimum atomic E-state index is 0.424. The van der Waals surface area contributed by atoms with Crippen LogP contribution in [0, 0.1) is 11.3 Å². The summed E-state index contributed by atoms with van der Waals surface area (Å²) >= 11 is 0. The third-order valence-corrected chi connectivity index (χ3v) is 3.21. The second kappa shape index (κ2) is 6.39. The molecular weight excluding hydrogens is 162 g/mol. The predicted octanol–water partition coefficient (Wildman–Crippen LogP) is 2.29. The molecule has 0 radical (unpaired) electrons. The summed E-state index contributed by atoms with van der Waals surface area (Å²) in [6, 6.07) is 0. The molecule has 1 atom stereocenters. The molecule has 1 unspecified atom stereocenters. The number of methoxy groups -OCH3 is 1. The molecule has 0 aromatic carbocycles. The zero-order valence-electron chi connectivity index (χ0n) is 9.81. The molecule has 80 valence electrons. The lowest BCUT2D eigenvalue weighted by Crippen LogP contribution is -2.36. The Morgan fingerprint density at radius 2 is 2.00 bits per heavy atom. The van der Waals surface area contributed by atoms with Crippen LogP contribution in [0.2, 0.25) is 0 Å². The van der Waals surface area contributed by atoms with E-state index in [1.807, 2.05) is 0 Å². The van der Waals surface area contributed by atoms with Crippen molar-refractivity contribution in [3.8, 4) is 0 Å². The SMILES string of the molecule is CCC(C)(CNCCOC)C(C)C. The van der Waals surface area contributed by atoms with Crippen LogP contribution < -0.4 is 5.32 Å². The Balaban J connectivity index is 3.71. The van der Waals surface area contributed by atoms with Crippen molar-refractivity contribution in [3.63, 3.8) is 0 Å². The Bertz CT molecular complexity index is 125. The van der Waals surface area contributed by atoms with Crippen LogP contribution in [-0.2, 0) is 4.74 Å². The maximum Gasteiger partial charge on any atom is 0.0587 e. The van der Waals surface area contributed by atoms with Crippen molar-refractivity contribution in [2.45, 2.75) is 34.1 Å². The van der Waals surface area contributed by atoms with Gasteiger partial charge in [0.2, 0.25) is 0 Å². The third-order valence-electron chi connectivity index (χ3n) is 3.21. The van der Waals surface area contributed by atoms with Gasteiger partial charge in [-0.05, 0) is 17.8 Å². The van der Waals surface area contributed by atoms with Gasteiger partial charge in [-0.2, -0.15) is 0 Å². The van der Waals surface area contributed by atoms with Gasteiger partial charge in [-0.3, -0.25) is 0 Å². The number of rotatable bonds is 7. The second-order valence-electron chi connectivity index (χ2n) is 4.33. The van der Waals surface area contributed by atoms with Gasteiger partial charge in [-0.1, -0.05) is 27.7 Å². The van der Waals surface area contributed by atoms with Crippen molar-refractivity contribution in [3.05, 3.63) is 0 Å². The van der Waals surface area contributed by atoms with Gasteiger partial charge in [0, 0.05) is 20.2 Å². The topological polar surface area (TPSA) is 21.3 Å². The van der Waals surface area contributed by atoms with Crippen LogP contribution in [0.4, 0.5) is 0 Å². The summed E-state index contributed by atoms with van der Waals surface area (Å²) in [6.45, 7) is 12.0. The molecule has 0 aromatic rings. The van der Waals surface area contributed by atoms with Gasteiger partial charge in [0.05, 0.1) is 6.61 Å². The molecule has 0 bridgehead atoms. The molecule has 0 aliphatic carbocycles. The van der Waals surface area contributed by atoms with E-state index < -0.39 is 0 Å². The average molecular weight is 187 g/mol. The van der Waals surface area contributed by atoms with E-state index in [9.17, 15) is 0 Å². The minimum Gasteiger partial charge on any atom is -0.383 e. The zero-order chi connectivity index (χ0) is 10.3. The van der Waals surface area contributed by atoms with E-state index in [0.717, 1.165) is 25.6 Å². The summed E-state index contributed by atoms with van der Waals surface area (Å²) in [5, 5.41) is 3.43. The normalized spacial score (nSPS) is 16.2. The predicted molar refractivity (Wildman–Crippen MR) is 58.0 cm³/mol. The van der Waals surface area contributed by atoms with Gasteiger partial charge in [0.15, 0.2) is 0 Å². The van der Waals surface area contributed by atoms with Crippen LogP contribution in [0.5, 0.6) is 0 Å². The molecule has 0 aliphatic rings. The average Bonchev–Trinajstić information content (AvgIpc) is 2.12. The first-order valence-electron chi connectivity index (χ1n) is 5.26. The van der Waals surface area contributed by atoms with Gasteiger partial charge in [0.25, 0.3) is 0 Å². The van der Waals surface area contributed by atoms with E-state index >= 15 is 0 Å². The molecule has 0 fully saturated rings. The molecule has 0 rings (SSSR count). The number of hydrogen-bond acceptors (Lipinski definition) is 2. The molecule has 0 aliphatic heterocycles. The zero-order valence-corrected chi connectivity index (χ0v) is 9.81. The Kier molecular flexibility index (Phi) is 6.35. The van der Waals surface area contributed by atoms with Crippen molar-refractivity contribution >= 4 is 0 Å². The second-order valence-corrected chi connectivity index (χ2v) is 4.33. The van der Waals surface area contributed by atoms with Crippen molar-refractivity contribution in [2.24, 2.45) is 11.3 Å². The molecule has 2 nitrogen and oxygen atoms in total. The summed E-state index contributed by atoms with van der Waals surface area (Å²) in [5.74, 6) is 0.729. The fourth-order valence-electron chi connectivity index (χ4n) is 1.29. The first kappa shape index (κ1) is 12.9. The summed E-state index contributed by atoms with van der Waals surface area (Å²) in [7, 11) is 1.74. The summed E-state index contributed by atoms with van der Waals surface area (Å²) in [4.78, 5) is 0. The van der Waals surface area contributed by atoms with Gasteiger partial charge in [-0.25, -0.2) is 0 Å². The maximum atomic E-state index is 4.99.